The van der Waals surface area contributed by atoms with Crippen molar-refractivity contribution < 1.29 is 32.3 Å². The molecular formula is C15H15F3N2O4. The minimum atomic E-state index is -5.02. The summed E-state index contributed by atoms with van der Waals surface area (Å²) in [6.45, 7) is -0.126. The highest BCUT2D eigenvalue weighted by molar-refractivity contribution is 5.99. The van der Waals surface area contributed by atoms with Gasteiger partial charge in [-0.15, -0.1) is 0 Å². The molecule has 0 saturated carbocycles. The first kappa shape index (κ1) is 17.8. The van der Waals surface area contributed by atoms with Crippen LogP contribution in [0.4, 0.5) is 18.9 Å². The molecule has 1 aromatic rings. The number of ether oxygens (including phenoxy) is 1. The molecule has 2 rings (SSSR count). The lowest BCUT2D eigenvalue weighted by molar-refractivity contribution is -0.186. The summed E-state index contributed by atoms with van der Waals surface area (Å²) in [4.78, 5) is 35.6. The topological polar surface area (TPSA) is 75.7 Å². The number of rotatable bonds is 3. The lowest BCUT2D eigenvalue weighted by Crippen LogP contribution is -2.48. The van der Waals surface area contributed by atoms with Crippen molar-refractivity contribution in [2.45, 2.75) is 25.1 Å². The fourth-order valence-electron chi connectivity index (χ4n) is 2.51. The van der Waals surface area contributed by atoms with Gasteiger partial charge in [0.1, 0.15) is 6.04 Å². The van der Waals surface area contributed by atoms with Crippen molar-refractivity contribution in [1.29, 1.82) is 0 Å². The van der Waals surface area contributed by atoms with Gasteiger partial charge in [0.05, 0.1) is 12.7 Å². The number of carbonyl (C=O) groups is 3. The first-order chi connectivity index (χ1) is 11.2. The summed E-state index contributed by atoms with van der Waals surface area (Å²) in [7, 11) is 1.20. The highest BCUT2D eigenvalue weighted by Gasteiger charge is 2.47. The smallest absolute Gasteiger partial charge is 0.465 e. The second-order valence-electron chi connectivity index (χ2n) is 5.22. The molecule has 1 fully saturated rings. The highest BCUT2D eigenvalue weighted by atomic mass is 19.4. The first-order valence-corrected chi connectivity index (χ1v) is 7.11. The standard InChI is InChI=1S/C15H15F3N2O4/c1-24-13(22)9-4-2-5-10(8-9)19-12(21)11-6-3-7-20(11)14(23)15(16,17)18/h2,4-5,8,11H,3,6-7H2,1H3,(H,19,21). The first-order valence-electron chi connectivity index (χ1n) is 7.11. The predicted octanol–water partition coefficient (Wildman–Crippen LogP) is 1.96. The van der Waals surface area contributed by atoms with Crippen LogP contribution in [0, 0.1) is 0 Å². The number of nitrogens with one attached hydrogen (secondary N) is 1. The number of anilines is 1. The van der Waals surface area contributed by atoms with Crippen LogP contribution in [0.1, 0.15) is 23.2 Å². The molecule has 1 N–H and O–H groups in total. The number of hydrogen-bond donors (Lipinski definition) is 1. The number of alkyl halides is 3. The van der Waals surface area contributed by atoms with Gasteiger partial charge < -0.3 is 15.0 Å². The molecule has 1 heterocycles. The van der Waals surface area contributed by atoms with Crippen molar-refractivity contribution in [1.82, 2.24) is 4.90 Å². The second-order valence-corrected chi connectivity index (χ2v) is 5.22. The molecule has 0 radical (unpaired) electrons. The summed E-state index contributed by atoms with van der Waals surface area (Å²) >= 11 is 0. The molecule has 9 heteroatoms. The number of amides is 2. The van der Waals surface area contributed by atoms with E-state index in [9.17, 15) is 27.6 Å². The van der Waals surface area contributed by atoms with Crippen molar-refractivity contribution in [3.63, 3.8) is 0 Å². The summed E-state index contributed by atoms with van der Waals surface area (Å²) in [6, 6.07) is 4.59. The van der Waals surface area contributed by atoms with E-state index in [1.165, 1.54) is 31.4 Å². The Morgan fingerprint density at radius 1 is 1.29 bits per heavy atom. The van der Waals surface area contributed by atoms with Crippen LogP contribution in [0.2, 0.25) is 0 Å². The third-order valence-corrected chi connectivity index (χ3v) is 3.61. The Morgan fingerprint density at radius 3 is 2.62 bits per heavy atom. The van der Waals surface area contributed by atoms with Gasteiger partial charge in [0, 0.05) is 12.2 Å². The fraction of sp³-hybridized carbons (Fsp3) is 0.400. The van der Waals surface area contributed by atoms with Crippen LogP contribution >= 0.6 is 0 Å². The molecule has 1 aliphatic rings. The SMILES string of the molecule is COC(=O)c1cccc(NC(=O)C2CCCN2C(=O)C(F)(F)F)c1. The molecule has 1 saturated heterocycles. The number of benzene rings is 1. The number of nitrogens with zero attached hydrogens (tertiary/aromatic N) is 1. The molecule has 24 heavy (non-hydrogen) atoms. The highest BCUT2D eigenvalue weighted by Crippen LogP contribution is 2.26. The number of esters is 1. The summed E-state index contributed by atoms with van der Waals surface area (Å²) in [5.41, 5.74) is 0.416. The Balaban J connectivity index is 2.12. The largest absolute Gasteiger partial charge is 0.471 e. The average molecular weight is 344 g/mol. The fourth-order valence-corrected chi connectivity index (χ4v) is 2.51. The van der Waals surface area contributed by atoms with Crippen LogP contribution in [-0.2, 0) is 14.3 Å². The van der Waals surface area contributed by atoms with Crippen LogP contribution < -0.4 is 5.32 Å². The number of carbonyl (C=O) groups excluding carboxylic acids is 3. The van der Waals surface area contributed by atoms with E-state index >= 15 is 0 Å². The number of hydrogen-bond acceptors (Lipinski definition) is 4. The van der Waals surface area contributed by atoms with Crippen molar-refractivity contribution in [3.05, 3.63) is 29.8 Å². The molecule has 1 aromatic carbocycles. The van der Waals surface area contributed by atoms with E-state index in [0.29, 0.717) is 11.3 Å². The maximum absolute atomic E-state index is 12.6. The maximum Gasteiger partial charge on any atom is 0.471 e. The number of likely N-dealkylation sites (tertiary alicyclic amines) is 1. The average Bonchev–Trinajstić information content (AvgIpc) is 3.02. The van der Waals surface area contributed by atoms with E-state index in [4.69, 9.17) is 0 Å². The van der Waals surface area contributed by atoms with Gasteiger partial charge in [0.15, 0.2) is 0 Å². The van der Waals surface area contributed by atoms with Crippen molar-refractivity contribution >= 4 is 23.5 Å². The number of methoxy groups -OCH3 is 1. The van der Waals surface area contributed by atoms with E-state index < -0.39 is 30.0 Å². The van der Waals surface area contributed by atoms with Crippen LogP contribution in [0.25, 0.3) is 0 Å². The Bertz CT molecular complexity index is 660. The Hall–Kier alpha value is -2.58. The van der Waals surface area contributed by atoms with Crippen molar-refractivity contribution in [2.75, 3.05) is 19.0 Å². The van der Waals surface area contributed by atoms with Gasteiger partial charge in [0.2, 0.25) is 5.91 Å². The summed E-state index contributed by atoms with van der Waals surface area (Å²) in [5, 5.41) is 2.43. The van der Waals surface area contributed by atoms with Gasteiger partial charge in [-0.25, -0.2) is 4.79 Å². The summed E-state index contributed by atoms with van der Waals surface area (Å²) in [6.07, 6.45) is -4.57. The maximum atomic E-state index is 12.6. The Labute approximate surface area is 135 Å². The minimum Gasteiger partial charge on any atom is -0.465 e. The van der Waals surface area contributed by atoms with Gasteiger partial charge >= 0.3 is 18.1 Å². The van der Waals surface area contributed by atoms with Crippen molar-refractivity contribution in [3.8, 4) is 0 Å². The molecule has 0 aliphatic carbocycles. The summed E-state index contributed by atoms with van der Waals surface area (Å²) < 4.78 is 42.3. The molecule has 6 nitrogen and oxygen atoms in total. The van der Waals surface area contributed by atoms with Gasteiger partial charge in [-0.3, -0.25) is 9.59 Å². The zero-order valence-corrected chi connectivity index (χ0v) is 12.7. The Morgan fingerprint density at radius 2 is 2.00 bits per heavy atom. The molecule has 1 unspecified atom stereocenters. The third kappa shape index (κ3) is 3.84. The molecule has 0 aromatic heterocycles. The minimum absolute atomic E-state index is 0.126. The summed E-state index contributed by atoms with van der Waals surface area (Å²) in [5.74, 6) is -3.36. The predicted molar refractivity (Wildman–Crippen MR) is 77.2 cm³/mol. The van der Waals surface area contributed by atoms with E-state index in [2.05, 4.69) is 10.1 Å². The molecule has 2 amide bonds. The lowest BCUT2D eigenvalue weighted by Gasteiger charge is -2.24. The van der Waals surface area contributed by atoms with Gasteiger partial charge in [-0.1, -0.05) is 6.07 Å². The quantitative estimate of drug-likeness (QED) is 0.851. The number of halogens is 3. The monoisotopic (exact) mass is 344 g/mol. The third-order valence-electron chi connectivity index (χ3n) is 3.61. The van der Waals surface area contributed by atoms with Gasteiger partial charge in [-0.05, 0) is 31.0 Å². The van der Waals surface area contributed by atoms with Crippen molar-refractivity contribution in [2.24, 2.45) is 0 Å². The van der Waals surface area contributed by atoms with Crippen LogP contribution in [-0.4, -0.2) is 48.6 Å². The van der Waals surface area contributed by atoms with Crippen LogP contribution in [0.3, 0.4) is 0 Å². The zero-order chi connectivity index (χ0) is 17.9. The van der Waals surface area contributed by atoms with Crippen LogP contribution in [0.15, 0.2) is 24.3 Å². The van der Waals surface area contributed by atoms with E-state index in [1.54, 1.807) is 0 Å². The molecular weight excluding hydrogens is 329 g/mol. The van der Waals surface area contributed by atoms with E-state index in [0.717, 1.165) is 0 Å². The molecule has 0 bridgehead atoms. The normalized spacial score (nSPS) is 17.5. The van der Waals surface area contributed by atoms with E-state index in [-0.39, 0.29) is 24.2 Å². The van der Waals surface area contributed by atoms with Crippen LogP contribution in [0.5, 0.6) is 0 Å². The molecule has 130 valence electrons. The van der Waals surface area contributed by atoms with E-state index in [1.807, 2.05) is 0 Å². The Kier molecular flexibility index (Phi) is 5.10. The molecule has 1 atom stereocenters. The lowest BCUT2D eigenvalue weighted by atomic mass is 10.1. The molecule has 1 aliphatic heterocycles. The zero-order valence-electron chi connectivity index (χ0n) is 12.7. The molecule has 0 spiro atoms. The van der Waals surface area contributed by atoms with Gasteiger partial charge in [-0.2, -0.15) is 13.2 Å². The second kappa shape index (κ2) is 6.90. The van der Waals surface area contributed by atoms with Gasteiger partial charge in [0.25, 0.3) is 0 Å².